The van der Waals surface area contributed by atoms with Gasteiger partial charge < -0.3 is 20.1 Å². The topological polar surface area (TPSA) is 172 Å². The number of hydrogen-bond donors (Lipinski definition) is 3. The van der Waals surface area contributed by atoms with Gasteiger partial charge in [0.25, 0.3) is 0 Å². The Bertz CT molecular complexity index is 1840. The van der Waals surface area contributed by atoms with Crippen molar-refractivity contribution in [1.29, 1.82) is 0 Å². The van der Waals surface area contributed by atoms with Crippen LogP contribution in [0, 0.1) is 57.2 Å². The van der Waals surface area contributed by atoms with E-state index in [0.717, 1.165) is 43.3 Å². The number of fused-ring (bicyclic) bond motifs is 10. The van der Waals surface area contributed by atoms with Gasteiger partial charge >= 0.3 is 0 Å². The Kier molecular flexibility index (Phi) is 11.8. The van der Waals surface area contributed by atoms with Gasteiger partial charge in [-0.05, 0) is 106 Å². The van der Waals surface area contributed by atoms with E-state index < -0.39 is 45.3 Å². The number of ketones is 6. The summed E-state index contributed by atoms with van der Waals surface area (Å²) >= 11 is 0. The predicted octanol–water partition coefficient (Wildman–Crippen LogP) is 5.99. The third kappa shape index (κ3) is 6.50. The molecule has 0 aliphatic heterocycles. The van der Waals surface area contributed by atoms with Crippen molar-refractivity contribution in [1.82, 2.24) is 0 Å². The van der Waals surface area contributed by atoms with Gasteiger partial charge in [-0.2, -0.15) is 0 Å². The van der Waals surface area contributed by atoms with Crippen molar-refractivity contribution >= 4 is 34.7 Å². The molecule has 8 aliphatic rings. The lowest BCUT2D eigenvalue weighted by molar-refractivity contribution is -0.170. The van der Waals surface area contributed by atoms with Gasteiger partial charge in [0, 0.05) is 52.9 Å². The van der Waals surface area contributed by atoms with E-state index in [9.17, 15) is 44.1 Å². The van der Waals surface area contributed by atoms with Gasteiger partial charge in [0.05, 0.1) is 0 Å². The Balaban J connectivity index is 0.000000181. The molecule has 0 amide bonds. The summed E-state index contributed by atoms with van der Waals surface area (Å²) in [5.41, 5.74) is -3.47. The second-order valence-corrected chi connectivity index (χ2v) is 19.2. The zero-order valence-electron chi connectivity index (χ0n) is 35.0. The maximum absolute atomic E-state index is 13.4. The molecule has 3 N–H and O–H groups in total. The molecule has 0 heterocycles. The van der Waals surface area contributed by atoms with E-state index in [2.05, 4.69) is 20.8 Å². The molecule has 10 nitrogen and oxygen atoms in total. The second-order valence-electron chi connectivity index (χ2n) is 19.2. The standard InChI is InChI=1S/C23H30O5.C21H26O5.C3H8/c1-4-28-13-19(26)23(27)10-8-17-16-6-5-14-11-15(24)7-9-21(14,2)20(16)18(25)12-22(17,23)3;1-19-7-5-13(23)9-12(19)3-4-14-15-6-8-21(26,17(25)11-22)20(15,2)10-16(24)18(14)19;1-3-2/h7,9,11,16-17,20,27H,4-6,8,10,12-13H2,1-3H3;5,7,9,14-15,18,22,26H,3-4,6,8,10-11H2,1-2H3;3H2,1-2H3/t16-,17-,20+,21-,22-,23-;14-,15-,18+,19-,20-,21-;/m00./s1. The molecule has 6 fully saturated rings. The summed E-state index contributed by atoms with van der Waals surface area (Å²) in [6.07, 6.45) is 17.2. The summed E-state index contributed by atoms with van der Waals surface area (Å²) < 4.78 is 5.28. The van der Waals surface area contributed by atoms with Crippen molar-refractivity contribution in [2.45, 2.75) is 130 Å². The first kappa shape index (κ1) is 43.4. The largest absolute Gasteiger partial charge is 0.388 e. The minimum Gasteiger partial charge on any atom is -0.388 e. The Morgan fingerprint density at radius 2 is 1.09 bits per heavy atom. The fourth-order valence-corrected chi connectivity index (χ4v) is 13.4. The van der Waals surface area contributed by atoms with Crippen LogP contribution in [-0.2, 0) is 33.5 Å². The maximum atomic E-state index is 13.4. The van der Waals surface area contributed by atoms with E-state index in [1.54, 1.807) is 24.3 Å². The molecule has 312 valence electrons. The maximum Gasteiger partial charge on any atom is 0.190 e. The molecular formula is C47H64O10. The molecule has 0 aromatic carbocycles. The summed E-state index contributed by atoms with van der Waals surface area (Å²) in [6.45, 7) is 13.6. The quantitative estimate of drug-likeness (QED) is 0.290. The molecule has 0 aromatic heterocycles. The van der Waals surface area contributed by atoms with Crippen molar-refractivity contribution in [2.75, 3.05) is 19.8 Å². The van der Waals surface area contributed by atoms with Crippen LogP contribution in [0.25, 0.3) is 0 Å². The highest BCUT2D eigenvalue weighted by molar-refractivity contribution is 6.03. The van der Waals surface area contributed by atoms with Crippen LogP contribution >= 0.6 is 0 Å². The normalized spacial score (nSPS) is 43.7. The van der Waals surface area contributed by atoms with E-state index in [-0.39, 0.29) is 83.9 Å². The SMILES string of the molecule is CCC.CCOCC(=O)[C@@]1(O)CC[C@H]2[C@@H]3CCC4=CC(=O)C=C[C@]4(C)[C@H]3C(=O)C[C@@]21C.C[C@]12C=CC(=O)C=C1CC[C@@H]1[C@@H]2C(=O)C[C@@]2(C)[C@H]1CC[C@]2(O)C(=O)CO. The molecule has 57 heavy (non-hydrogen) atoms. The fourth-order valence-electron chi connectivity index (χ4n) is 13.4. The Labute approximate surface area is 337 Å². The number of hydrogen-bond acceptors (Lipinski definition) is 10. The van der Waals surface area contributed by atoms with E-state index in [0.29, 0.717) is 25.9 Å². The van der Waals surface area contributed by atoms with Gasteiger partial charge in [-0.25, -0.2) is 0 Å². The smallest absolute Gasteiger partial charge is 0.190 e. The van der Waals surface area contributed by atoms with Crippen LogP contribution in [0.5, 0.6) is 0 Å². The van der Waals surface area contributed by atoms with Crippen LogP contribution in [-0.4, -0.2) is 81.0 Å². The van der Waals surface area contributed by atoms with Crippen molar-refractivity contribution in [3.63, 3.8) is 0 Å². The molecular weight excluding hydrogens is 725 g/mol. The lowest BCUT2D eigenvalue weighted by atomic mass is 9.46. The highest BCUT2D eigenvalue weighted by Crippen LogP contribution is 2.67. The minimum atomic E-state index is -1.62. The predicted molar refractivity (Wildman–Crippen MR) is 213 cm³/mol. The summed E-state index contributed by atoms with van der Waals surface area (Å²) in [7, 11) is 0. The van der Waals surface area contributed by atoms with Gasteiger partial charge in [-0.15, -0.1) is 0 Å². The van der Waals surface area contributed by atoms with E-state index in [1.165, 1.54) is 6.42 Å². The number of aliphatic hydroxyl groups excluding tert-OH is 1. The number of carbonyl (C=O) groups excluding carboxylic acids is 6. The van der Waals surface area contributed by atoms with Gasteiger partial charge in [0.2, 0.25) is 0 Å². The number of allylic oxidation sites excluding steroid dienone is 8. The van der Waals surface area contributed by atoms with Crippen LogP contribution in [0.2, 0.25) is 0 Å². The summed E-state index contributed by atoms with van der Waals surface area (Å²) in [6, 6.07) is 0. The number of rotatable bonds is 6. The Morgan fingerprint density at radius 3 is 1.47 bits per heavy atom. The molecule has 0 spiro atoms. The van der Waals surface area contributed by atoms with Crippen molar-refractivity contribution in [3.8, 4) is 0 Å². The van der Waals surface area contributed by atoms with Crippen LogP contribution in [0.15, 0.2) is 47.6 Å². The van der Waals surface area contributed by atoms with Crippen LogP contribution in [0.3, 0.4) is 0 Å². The number of Topliss-reactive ketones (excluding diaryl/α,β-unsaturated/α-hetero) is 4. The molecule has 10 heteroatoms. The van der Waals surface area contributed by atoms with Gasteiger partial charge in [0.1, 0.15) is 36.0 Å². The first-order valence-corrected chi connectivity index (χ1v) is 21.4. The Morgan fingerprint density at radius 1 is 0.684 bits per heavy atom. The van der Waals surface area contributed by atoms with Gasteiger partial charge in [-0.1, -0.05) is 71.3 Å². The van der Waals surface area contributed by atoms with Crippen LogP contribution in [0.4, 0.5) is 0 Å². The third-order valence-electron chi connectivity index (χ3n) is 16.3. The summed E-state index contributed by atoms with van der Waals surface area (Å²) in [5, 5.41) is 31.9. The summed E-state index contributed by atoms with van der Waals surface area (Å²) in [5.74, 6) is -0.713. The molecule has 0 saturated heterocycles. The van der Waals surface area contributed by atoms with Crippen molar-refractivity contribution in [2.24, 2.45) is 57.2 Å². The number of carbonyl (C=O) groups is 6. The molecule has 0 radical (unpaired) electrons. The van der Waals surface area contributed by atoms with E-state index >= 15 is 0 Å². The fraction of sp³-hybridized carbons (Fsp3) is 0.702. The second kappa shape index (κ2) is 15.4. The number of ether oxygens (including phenoxy) is 1. The minimum absolute atomic E-state index is 0.00390. The zero-order valence-corrected chi connectivity index (χ0v) is 35.0. The average Bonchev–Trinajstić information content (AvgIpc) is 3.59. The molecule has 12 atom stereocenters. The third-order valence-corrected chi connectivity index (χ3v) is 16.3. The monoisotopic (exact) mass is 788 g/mol. The molecule has 0 aromatic rings. The van der Waals surface area contributed by atoms with Gasteiger partial charge in [0.15, 0.2) is 23.1 Å². The van der Waals surface area contributed by atoms with Crippen LogP contribution < -0.4 is 0 Å². The molecule has 8 aliphatic carbocycles. The first-order chi connectivity index (χ1) is 26.8. The van der Waals surface area contributed by atoms with E-state index in [4.69, 9.17) is 4.74 Å². The van der Waals surface area contributed by atoms with Crippen LogP contribution in [0.1, 0.15) is 119 Å². The highest BCUT2D eigenvalue weighted by atomic mass is 16.5. The average molecular weight is 789 g/mol. The molecule has 0 unspecified atom stereocenters. The summed E-state index contributed by atoms with van der Waals surface area (Å²) in [4.78, 5) is 75.5. The molecule has 0 bridgehead atoms. The van der Waals surface area contributed by atoms with Gasteiger partial charge in [-0.3, -0.25) is 28.8 Å². The van der Waals surface area contributed by atoms with Crippen molar-refractivity contribution in [3.05, 3.63) is 47.6 Å². The first-order valence-electron chi connectivity index (χ1n) is 21.4. The Hall–Kier alpha value is -3.18. The highest BCUT2D eigenvalue weighted by Gasteiger charge is 2.69. The zero-order chi connectivity index (χ0) is 41.9. The number of aliphatic hydroxyl groups is 3. The van der Waals surface area contributed by atoms with Crippen molar-refractivity contribution < 1.29 is 48.8 Å². The lowest BCUT2D eigenvalue weighted by Gasteiger charge is -2.56. The molecule has 8 rings (SSSR count). The van der Waals surface area contributed by atoms with E-state index in [1.807, 2.05) is 39.8 Å². The molecule has 6 saturated carbocycles. The lowest BCUT2D eigenvalue weighted by Crippen LogP contribution is -2.60.